The van der Waals surface area contributed by atoms with Crippen LogP contribution in [-0.2, 0) is 11.0 Å². The number of nitrogens with one attached hydrogen (secondary N) is 1. The van der Waals surface area contributed by atoms with Crippen LogP contribution in [-0.4, -0.2) is 23.0 Å². The number of furan rings is 1. The zero-order chi connectivity index (χ0) is 23.6. The highest BCUT2D eigenvalue weighted by Crippen LogP contribution is 2.33. The number of alkyl halides is 3. The van der Waals surface area contributed by atoms with E-state index in [9.17, 15) is 22.4 Å². The van der Waals surface area contributed by atoms with E-state index < -0.39 is 23.6 Å². The lowest BCUT2D eigenvalue weighted by molar-refractivity contribution is -0.141. The maximum atomic E-state index is 14.1. The van der Waals surface area contributed by atoms with Gasteiger partial charge in [0, 0.05) is 11.1 Å². The van der Waals surface area contributed by atoms with Gasteiger partial charge in [0.2, 0.25) is 0 Å². The predicted octanol–water partition coefficient (Wildman–Crippen LogP) is 5.52. The molecule has 0 aliphatic rings. The van der Waals surface area contributed by atoms with Crippen molar-refractivity contribution in [3.05, 3.63) is 84.2 Å². The first-order valence-corrected chi connectivity index (χ1v) is 9.49. The summed E-state index contributed by atoms with van der Waals surface area (Å²) in [6.07, 6.45) is -2.07. The normalized spacial score (nSPS) is 11.4. The van der Waals surface area contributed by atoms with Crippen LogP contribution in [0.3, 0.4) is 0 Å². The Morgan fingerprint density at radius 1 is 0.970 bits per heavy atom. The third kappa shape index (κ3) is 4.75. The third-order valence-corrected chi connectivity index (χ3v) is 4.69. The molecule has 0 radical (unpaired) electrons. The maximum absolute atomic E-state index is 14.1. The molecule has 4 rings (SSSR count). The maximum Gasteiger partial charge on any atom is 0.433 e. The second kappa shape index (κ2) is 8.83. The van der Waals surface area contributed by atoms with E-state index in [0.717, 1.165) is 12.1 Å². The summed E-state index contributed by atoms with van der Waals surface area (Å²) in [5.41, 5.74) is 2.39. The van der Waals surface area contributed by atoms with Gasteiger partial charge < -0.3 is 4.42 Å². The fourth-order valence-electron chi connectivity index (χ4n) is 3.14. The molecule has 0 aliphatic heterocycles. The van der Waals surface area contributed by atoms with Gasteiger partial charge in [0.1, 0.15) is 11.5 Å². The molecule has 2 heterocycles. The monoisotopic (exact) mass is 457 g/mol. The zero-order valence-electron chi connectivity index (χ0n) is 17.0. The number of aromatic nitrogens is 2. The quantitative estimate of drug-likeness (QED) is 0.316. The van der Waals surface area contributed by atoms with Crippen molar-refractivity contribution >= 4 is 5.91 Å². The number of amides is 1. The average Bonchev–Trinajstić information content (AvgIpc) is 3.34. The van der Waals surface area contributed by atoms with E-state index in [-0.39, 0.29) is 17.1 Å². The number of hydroxylamine groups is 1. The lowest BCUT2D eigenvalue weighted by Crippen LogP contribution is -2.22. The molecule has 0 spiro atoms. The van der Waals surface area contributed by atoms with Gasteiger partial charge >= 0.3 is 6.18 Å². The highest BCUT2D eigenvalue weighted by molar-refractivity contribution is 5.95. The number of hydrogen-bond donors (Lipinski definition) is 1. The summed E-state index contributed by atoms with van der Waals surface area (Å²) in [7, 11) is 1.22. The largest absolute Gasteiger partial charge is 0.472 e. The fourth-order valence-corrected chi connectivity index (χ4v) is 3.14. The third-order valence-electron chi connectivity index (χ3n) is 4.69. The molecule has 6 nitrogen and oxygen atoms in total. The van der Waals surface area contributed by atoms with Crippen LogP contribution in [0, 0.1) is 5.82 Å². The number of carbonyl (C=O) groups is 1. The summed E-state index contributed by atoms with van der Waals surface area (Å²) in [6, 6.07) is 12.6. The summed E-state index contributed by atoms with van der Waals surface area (Å²) >= 11 is 0. The fraction of sp³-hybridized carbons (Fsp3) is 0.0870. The average molecular weight is 457 g/mol. The highest BCUT2D eigenvalue weighted by atomic mass is 19.4. The second-order valence-electron chi connectivity index (χ2n) is 6.88. The number of benzene rings is 2. The van der Waals surface area contributed by atoms with Gasteiger partial charge in [-0.1, -0.05) is 24.3 Å². The van der Waals surface area contributed by atoms with Crippen molar-refractivity contribution in [3.8, 4) is 33.8 Å². The van der Waals surface area contributed by atoms with Gasteiger partial charge in [0.25, 0.3) is 5.91 Å². The molecule has 2 aromatic carbocycles. The molecule has 10 heteroatoms. The van der Waals surface area contributed by atoms with Crippen LogP contribution in [0.5, 0.6) is 0 Å². The van der Waals surface area contributed by atoms with Gasteiger partial charge in [-0.05, 0) is 41.5 Å². The van der Waals surface area contributed by atoms with Crippen molar-refractivity contribution < 1.29 is 31.6 Å². The molecule has 2 aromatic heterocycles. The lowest BCUT2D eigenvalue weighted by Gasteiger charge is -2.11. The number of rotatable bonds is 5. The SMILES string of the molecule is CONC(=O)c1cc(-c2cccc(-c3nc(-c4ccoc4)cc(C(F)(F)F)n3)c2)ccc1F. The van der Waals surface area contributed by atoms with Crippen molar-refractivity contribution in [2.75, 3.05) is 7.11 Å². The Morgan fingerprint density at radius 2 is 1.73 bits per heavy atom. The molecular weight excluding hydrogens is 442 g/mol. The molecule has 0 saturated carbocycles. The Bertz CT molecular complexity index is 1300. The zero-order valence-corrected chi connectivity index (χ0v) is 17.0. The Hall–Kier alpha value is -4.05. The number of nitrogens with zero attached hydrogens (tertiary/aromatic N) is 2. The molecular formula is C23H15F4N3O3. The topological polar surface area (TPSA) is 77.2 Å². The van der Waals surface area contributed by atoms with Gasteiger partial charge in [-0.25, -0.2) is 19.8 Å². The first kappa shape index (κ1) is 22.2. The van der Waals surface area contributed by atoms with Gasteiger partial charge in [0.15, 0.2) is 5.82 Å². The van der Waals surface area contributed by atoms with Crippen LogP contribution < -0.4 is 5.48 Å². The summed E-state index contributed by atoms with van der Waals surface area (Å²) in [4.78, 5) is 24.5. The lowest BCUT2D eigenvalue weighted by atomic mass is 10.00. The second-order valence-corrected chi connectivity index (χ2v) is 6.88. The van der Waals surface area contributed by atoms with Gasteiger partial charge in [-0.2, -0.15) is 13.2 Å². The van der Waals surface area contributed by atoms with Crippen LogP contribution >= 0.6 is 0 Å². The summed E-state index contributed by atoms with van der Waals surface area (Å²) in [5, 5.41) is 0. The Kier molecular flexibility index (Phi) is 5.93. The standard InChI is InChI=1S/C23H15F4N3O3/c1-32-30-22(31)17-10-14(5-6-18(17)24)13-3-2-4-15(9-13)21-28-19(16-7-8-33-12-16)11-20(29-21)23(25,26)27/h2-12H,1H3,(H,30,31). The number of halogens is 4. The van der Waals surface area contributed by atoms with Crippen molar-refractivity contribution in [1.82, 2.24) is 15.4 Å². The molecule has 0 aliphatic carbocycles. The van der Waals surface area contributed by atoms with Gasteiger partial charge in [0.05, 0.1) is 30.9 Å². The minimum atomic E-state index is -4.69. The molecule has 1 N–H and O–H groups in total. The summed E-state index contributed by atoms with van der Waals surface area (Å²) in [6.45, 7) is 0. The van der Waals surface area contributed by atoms with E-state index in [1.807, 2.05) is 5.48 Å². The molecule has 0 bridgehead atoms. The molecule has 33 heavy (non-hydrogen) atoms. The van der Waals surface area contributed by atoms with E-state index >= 15 is 0 Å². The van der Waals surface area contributed by atoms with Crippen LogP contribution in [0.2, 0.25) is 0 Å². The van der Waals surface area contributed by atoms with Gasteiger partial charge in [-0.15, -0.1) is 0 Å². The molecule has 0 unspecified atom stereocenters. The molecule has 0 fully saturated rings. The van der Waals surface area contributed by atoms with Crippen LogP contribution in [0.25, 0.3) is 33.8 Å². The summed E-state index contributed by atoms with van der Waals surface area (Å²) < 4.78 is 59.5. The summed E-state index contributed by atoms with van der Waals surface area (Å²) in [5.74, 6) is -1.68. The van der Waals surface area contributed by atoms with Crippen molar-refractivity contribution in [2.24, 2.45) is 0 Å². The van der Waals surface area contributed by atoms with Crippen molar-refractivity contribution in [3.63, 3.8) is 0 Å². The first-order chi connectivity index (χ1) is 15.8. The molecule has 4 aromatic rings. The number of carbonyl (C=O) groups excluding carboxylic acids is 1. The molecule has 0 atom stereocenters. The minimum Gasteiger partial charge on any atom is -0.472 e. The molecule has 0 saturated heterocycles. The van der Waals surface area contributed by atoms with Crippen LogP contribution in [0.15, 0.2) is 71.5 Å². The van der Waals surface area contributed by atoms with E-state index in [4.69, 9.17) is 4.42 Å². The Morgan fingerprint density at radius 3 is 2.42 bits per heavy atom. The Labute approximate surface area is 184 Å². The first-order valence-electron chi connectivity index (χ1n) is 9.49. The minimum absolute atomic E-state index is 0.0479. The van der Waals surface area contributed by atoms with E-state index in [1.54, 1.807) is 24.3 Å². The predicted molar refractivity (Wildman–Crippen MR) is 110 cm³/mol. The Balaban J connectivity index is 1.80. The van der Waals surface area contributed by atoms with Crippen molar-refractivity contribution in [1.29, 1.82) is 0 Å². The van der Waals surface area contributed by atoms with Crippen LogP contribution in [0.1, 0.15) is 16.1 Å². The van der Waals surface area contributed by atoms with E-state index in [2.05, 4.69) is 14.8 Å². The highest BCUT2D eigenvalue weighted by Gasteiger charge is 2.34. The number of hydrogen-bond acceptors (Lipinski definition) is 5. The smallest absolute Gasteiger partial charge is 0.433 e. The van der Waals surface area contributed by atoms with E-state index in [0.29, 0.717) is 22.3 Å². The van der Waals surface area contributed by atoms with Crippen LogP contribution in [0.4, 0.5) is 17.6 Å². The van der Waals surface area contributed by atoms with Crippen molar-refractivity contribution in [2.45, 2.75) is 6.18 Å². The molecule has 1 amide bonds. The van der Waals surface area contributed by atoms with E-state index in [1.165, 1.54) is 37.8 Å². The van der Waals surface area contributed by atoms with Gasteiger partial charge in [-0.3, -0.25) is 9.63 Å². The molecule has 168 valence electrons.